The predicted octanol–water partition coefficient (Wildman–Crippen LogP) is 3.71. The van der Waals surface area contributed by atoms with Crippen LogP contribution in [0.2, 0.25) is 0 Å². The zero-order valence-corrected chi connectivity index (χ0v) is 17.2. The van der Waals surface area contributed by atoms with E-state index in [9.17, 15) is 14.4 Å². The molecule has 0 bridgehead atoms. The SMILES string of the molecule is CCC(=O)Nc1cccc(NC(=O)CNc2ccc(C(=O)N3CCCCC3)cc2)c1. The minimum Gasteiger partial charge on any atom is -0.376 e. The van der Waals surface area contributed by atoms with Crippen molar-refractivity contribution in [2.45, 2.75) is 32.6 Å². The summed E-state index contributed by atoms with van der Waals surface area (Å²) in [5.41, 5.74) is 2.68. The number of likely N-dealkylation sites (tertiary alicyclic amines) is 1. The van der Waals surface area contributed by atoms with E-state index in [0.717, 1.165) is 31.6 Å². The number of hydrogen-bond acceptors (Lipinski definition) is 4. The topological polar surface area (TPSA) is 90.5 Å². The van der Waals surface area contributed by atoms with Crippen LogP contribution in [-0.4, -0.2) is 42.3 Å². The van der Waals surface area contributed by atoms with Crippen LogP contribution in [0.15, 0.2) is 48.5 Å². The van der Waals surface area contributed by atoms with Crippen molar-refractivity contribution in [3.8, 4) is 0 Å². The molecule has 2 aromatic carbocycles. The molecule has 30 heavy (non-hydrogen) atoms. The van der Waals surface area contributed by atoms with Crippen LogP contribution < -0.4 is 16.0 Å². The zero-order chi connectivity index (χ0) is 21.3. The molecule has 158 valence electrons. The van der Waals surface area contributed by atoms with Gasteiger partial charge >= 0.3 is 0 Å². The molecule has 0 radical (unpaired) electrons. The number of rotatable bonds is 7. The largest absolute Gasteiger partial charge is 0.376 e. The van der Waals surface area contributed by atoms with Gasteiger partial charge in [0, 0.05) is 42.1 Å². The molecule has 3 amide bonds. The summed E-state index contributed by atoms with van der Waals surface area (Å²) in [5.74, 6) is -0.223. The first-order valence-corrected chi connectivity index (χ1v) is 10.4. The number of amides is 3. The Morgan fingerprint density at radius 3 is 2.10 bits per heavy atom. The molecule has 1 aliphatic rings. The first kappa shape index (κ1) is 21.4. The van der Waals surface area contributed by atoms with Gasteiger partial charge in [0.25, 0.3) is 5.91 Å². The van der Waals surface area contributed by atoms with Crippen molar-refractivity contribution in [2.24, 2.45) is 0 Å². The minimum absolute atomic E-state index is 0.0639. The molecule has 2 aromatic rings. The van der Waals surface area contributed by atoms with Gasteiger partial charge in [-0.3, -0.25) is 14.4 Å². The van der Waals surface area contributed by atoms with E-state index in [4.69, 9.17) is 0 Å². The van der Waals surface area contributed by atoms with Gasteiger partial charge in [0.1, 0.15) is 0 Å². The van der Waals surface area contributed by atoms with Gasteiger partial charge in [0.15, 0.2) is 0 Å². The van der Waals surface area contributed by atoms with Gasteiger partial charge in [-0.2, -0.15) is 0 Å². The Labute approximate surface area is 176 Å². The van der Waals surface area contributed by atoms with Crippen LogP contribution >= 0.6 is 0 Å². The number of carbonyl (C=O) groups is 3. The molecule has 1 fully saturated rings. The fourth-order valence-corrected chi connectivity index (χ4v) is 3.32. The third kappa shape index (κ3) is 6.07. The maximum atomic E-state index is 12.5. The third-order valence-corrected chi connectivity index (χ3v) is 4.98. The Hall–Kier alpha value is -3.35. The van der Waals surface area contributed by atoms with E-state index in [0.29, 0.717) is 23.4 Å². The molecule has 1 aliphatic heterocycles. The van der Waals surface area contributed by atoms with Crippen molar-refractivity contribution in [3.63, 3.8) is 0 Å². The Balaban J connectivity index is 1.49. The van der Waals surface area contributed by atoms with Crippen molar-refractivity contribution in [1.82, 2.24) is 4.90 Å². The summed E-state index contributed by atoms with van der Waals surface area (Å²) in [6, 6.07) is 14.2. The number of benzene rings is 2. The molecule has 0 aliphatic carbocycles. The van der Waals surface area contributed by atoms with Gasteiger partial charge in [-0.25, -0.2) is 0 Å². The lowest BCUT2D eigenvalue weighted by Gasteiger charge is -2.26. The molecule has 0 atom stereocenters. The lowest BCUT2D eigenvalue weighted by atomic mass is 10.1. The Kier molecular flexibility index (Phi) is 7.43. The van der Waals surface area contributed by atoms with E-state index in [1.165, 1.54) is 6.42 Å². The second kappa shape index (κ2) is 10.4. The summed E-state index contributed by atoms with van der Waals surface area (Å²) in [4.78, 5) is 38.1. The number of anilines is 3. The molecular formula is C23H28N4O3. The molecule has 0 saturated carbocycles. The van der Waals surface area contributed by atoms with Crippen LogP contribution in [0.4, 0.5) is 17.1 Å². The molecule has 0 unspecified atom stereocenters. The summed E-state index contributed by atoms with van der Waals surface area (Å²) in [7, 11) is 0. The standard InChI is InChI=1S/C23H28N4O3/c1-2-21(28)25-19-7-6-8-20(15-19)26-22(29)16-24-18-11-9-17(10-12-18)23(30)27-13-4-3-5-14-27/h6-12,15,24H,2-5,13-14,16H2,1H3,(H,25,28)(H,26,29). The van der Waals surface area contributed by atoms with Gasteiger partial charge in [-0.1, -0.05) is 13.0 Å². The molecule has 7 nitrogen and oxygen atoms in total. The summed E-state index contributed by atoms with van der Waals surface area (Å²) in [6.07, 6.45) is 3.71. The average molecular weight is 409 g/mol. The van der Waals surface area contributed by atoms with Crippen LogP contribution in [-0.2, 0) is 9.59 Å². The molecule has 0 spiro atoms. The lowest BCUT2D eigenvalue weighted by Crippen LogP contribution is -2.35. The normalized spacial score (nSPS) is 13.4. The highest BCUT2D eigenvalue weighted by Gasteiger charge is 2.17. The van der Waals surface area contributed by atoms with Crippen LogP contribution in [0, 0.1) is 0 Å². The molecule has 1 heterocycles. The summed E-state index contributed by atoms with van der Waals surface area (Å²) >= 11 is 0. The van der Waals surface area contributed by atoms with E-state index in [1.54, 1.807) is 43.3 Å². The van der Waals surface area contributed by atoms with Gasteiger partial charge < -0.3 is 20.9 Å². The maximum Gasteiger partial charge on any atom is 0.253 e. The van der Waals surface area contributed by atoms with Crippen LogP contribution in [0.25, 0.3) is 0 Å². The first-order chi connectivity index (χ1) is 14.5. The fraction of sp³-hybridized carbons (Fsp3) is 0.348. The van der Waals surface area contributed by atoms with Crippen molar-refractivity contribution in [2.75, 3.05) is 35.6 Å². The van der Waals surface area contributed by atoms with Crippen molar-refractivity contribution in [1.29, 1.82) is 0 Å². The van der Waals surface area contributed by atoms with E-state index in [-0.39, 0.29) is 24.3 Å². The Bertz CT molecular complexity index is 890. The highest BCUT2D eigenvalue weighted by atomic mass is 16.2. The zero-order valence-electron chi connectivity index (χ0n) is 17.2. The van der Waals surface area contributed by atoms with Crippen LogP contribution in [0.1, 0.15) is 43.0 Å². The monoisotopic (exact) mass is 408 g/mol. The number of carbonyl (C=O) groups excluding carboxylic acids is 3. The number of hydrogen-bond donors (Lipinski definition) is 3. The first-order valence-electron chi connectivity index (χ1n) is 10.4. The summed E-state index contributed by atoms with van der Waals surface area (Å²) in [6.45, 7) is 3.51. The fourth-order valence-electron chi connectivity index (χ4n) is 3.32. The number of nitrogens with zero attached hydrogens (tertiary/aromatic N) is 1. The third-order valence-electron chi connectivity index (χ3n) is 4.98. The lowest BCUT2D eigenvalue weighted by molar-refractivity contribution is -0.116. The highest BCUT2D eigenvalue weighted by Crippen LogP contribution is 2.17. The molecule has 0 aromatic heterocycles. The van der Waals surface area contributed by atoms with Gasteiger partial charge in [0.2, 0.25) is 11.8 Å². The second-order valence-corrected chi connectivity index (χ2v) is 7.31. The quantitative estimate of drug-likeness (QED) is 0.651. The molecule has 1 saturated heterocycles. The Morgan fingerprint density at radius 1 is 0.833 bits per heavy atom. The molecular weight excluding hydrogens is 380 g/mol. The van der Waals surface area contributed by atoms with E-state index in [1.807, 2.05) is 17.0 Å². The Morgan fingerprint density at radius 2 is 1.47 bits per heavy atom. The molecule has 3 N–H and O–H groups in total. The minimum atomic E-state index is -0.206. The van der Waals surface area contributed by atoms with Crippen molar-refractivity contribution >= 4 is 34.8 Å². The summed E-state index contributed by atoms with van der Waals surface area (Å²) in [5, 5.41) is 8.63. The number of nitrogens with one attached hydrogen (secondary N) is 3. The average Bonchev–Trinajstić information content (AvgIpc) is 2.78. The smallest absolute Gasteiger partial charge is 0.253 e. The predicted molar refractivity (Wildman–Crippen MR) is 119 cm³/mol. The van der Waals surface area contributed by atoms with Crippen LogP contribution in [0.5, 0.6) is 0 Å². The number of piperidine rings is 1. The van der Waals surface area contributed by atoms with Crippen molar-refractivity contribution in [3.05, 3.63) is 54.1 Å². The second-order valence-electron chi connectivity index (χ2n) is 7.31. The van der Waals surface area contributed by atoms with E-state index < -0.39 is 0 Å². The van der Waals surface area contributed by atoms with E-state index >= 15 is 0 Å². The van der Waals surface area contributed by atoms with Gasteiger partial charge in [0.05, 0.1) is 6.54 Å². The molecule has 7 heteroatoms. The maximum absolute atomic E-state index is 12.5. The van der Waals surface area contributed by atoms with Gasteiger partial charge in [-0.15, -0.1) is 0 Å². The van der Waals surface area contributed by atoms with E-state index in [2.05, 4.69) is 16.0 Å². The van der Waals surface area contributed by atoms with Crippen LogP contribution in [0.3, 0.4) is 0 Å². The summed E-state index contributed by atoms with van der Waals surface area (Å²) < 4.78 is 0. The molecule has 3 rings (SSSR count). The highest BCUT2D eigenvalue weighted by molar-refractivity contribution is 5.96. The van der Waals surface area contributed by atoms with Crippen molar-refractivity contribution < 1.29 is 14.4 Å². The van der Waals surface area contributed by atoms with Gasteiger partial charge in [-0.05, 0) is 61.7 Å².